The lowest BCUT2D eigenvalue weighted by Crippen LogP contribution is -2.36. The van der Waals surface area contributed by atoms with Crippen molar-refractivity contribution in [2.75, 3.05) is 26.2 Å². The first kappa shape index (κ1) is 11.5. The summed E-state index contributed by atoms with van der Waals surface area (Å²) in [6.45, 7) is 5.42. The Labute approximate surface area is 85.4 Å². The van der Waals surface area contributed by atoms with Crippen LogP contribution in [0.5, 0.6) is 0 Å². The summed E-state index contributed by atoms with van der Waals surface area (Å²) in [5.74, 6) is -0.272. The average molecular weight is 200 g/mol. The maximum Gasteiger partial charge on any atom is 0.322 e. The summed E-state index contributed by atoms with van der Waals surface area (Å²) in [5, 5.41) is 0. The molecule has 0 aromatic carbocycles. The molecule has 1 atom stereocenters. The highest BCUT2D eigenvalue weighted by atomic mass is 16.5. The number of esters is 1. The molecule has 1 unspecified atom stereocenters. The van der Waals surface area contributed by atoms with Gasteiger partial charge in [0.25, 0.3) is 0 Å². The number of hydrogen-bond acceptors (Lipinski definition) is 4. The van der Waals surface area contributed by atoms with Crippen LogP contribution in [0.15, 0.2) is 0 Å². The van der Waals surface area contributed by atoms with Crippen LogP contribution in [0.3, 0.4) is 0 Å². The van der Waals surface area contributed by atoms with E-state index in [0.717, 1.165) is 19.6 Å². The van der Waals surface area contributed by atoms with Crippen molar-refractivity contribution in [3.05, 3.63) is 0 Å². The molecule has 0 aromatic rings. The van der Waals surface area contributed by atoms with Crippen molar-refractivity contribution in [3.8, 4) is 0 Å². The van der Waals surface area contributed by atoms with E-state index in [0.29, 0.717) is 13.0 Å². The average Bonchev–Trinajstić information content (AvgIpc) is 2.67. The molecule has 1 rings (SSSR count). The van der Waals surface area contributed by atoms with Crippen molar-refractivity contribution in [2.45, 2.75) is 32.2 Å². The molecule has 0 radical (unpaired) electrons. The molecule has 0 amide bonds. The van der Waals surface area contributed by atoms with Crippen molar-refractivity contribution < 1.29 is 9.53 Å². The quantitative estimate of drug-likeness (QED) is 0.651. The Morgan fingerprint density at radius 1 is 1.50 bits per heavy atom. The number of likely N-dealkylation sites (tertiary alicyclic amines) is 1. The van der Waals surface area contributed by atoms with E-state index < -0.39 is 6.04 Å². The molecule has 0 bridgehead atoms. The molecule has 14 heavy (non-hydrogen) atoms. The standard InChI is InChI=1S/C10H20N2O2/c1-2-14-10(13)9(11)5-8-12-6-3-4-7-12/h9H,2-8,11H2,1H3. The highest BCUT2D eigenvalue weighted by Gasteiger charge is 2.17. The first-order valence-electron chi connectivity index (χ1n) is 5.38. The van der Waals surface area contributed by atoms with Gasteiger partial charge in [0, 0.05) is 6.54 Å². The van der Waals surface area contributed by atoms with Crippen molar-refractivity contribution >= 4 is 5.97 Å². The number of hydrogen-bond donors (Lipinski definition) is 1. The molecule has 0 aliphatic carbocycles. The van der Waals surface area contributed by atoms with E-state index in [4.69, 9.17) is 10.5 Å². The SMILES string of the molecule is CCOC(=O)C(N)CCN1CCCC1. The zero-order chi connectivity index (χ0) is 10.4. The third kappa shape index (κ3) is 3.64. The normalized spacial score (nSPS) is 19.6. The predicted octanol–water partition coefficient (Wildman–Crippen LogP) is 0.363. The highest BCUT2D eigenvalue weighted by molar-refractivity contribution is 5.75. The van der Waals surface area contributed by atoms with Gasteiger partial charge in [0.1, 0.15) is 6.04 Å². The van der Waals surface area contributed by atoms with E-state index >= 15 is 0 Å². The minimum absolute atomic E-state index is 0.272. The fourth-order valence-corrected chi connectivity index (χ4v) is 1.70. The van der Waals surface area contributed by atoms with Gasteiger partial charge in [0.15, 0.2) is 0 Å². The summed E-state index contributed by atoms with van der Waals surface area (Å²) in [5.41, 5.74) is 5.68. The van der Waals surface area contributed by atoms with E-state index in [1.165, 1.54) is 12.8 Å². The van der Waals surface area contributed by atoms with Crippen molar-refractivity contribution in [1.82, 2.24) is 4.90 Å². The van der Waals surface area contributed by atoms with Gasteiger partial charge in [0.05, 0.1) is 6.61 Å². The fraction of sp³-hybridized carbons (Fsp3) is 0.900. The van der Waals surface area contributed by atoms with Gasteiger partial charge in [-0.05, 0) is 39.3 Å². The van der Waals surface area contributed by atoms with E-state index in [1.807, 2.05) is 0 Å². The number of nitrogens with zero attached hydrogens (tertiary/aromatic N) is 1. The van der Waals surface area contributed by atoms with Gasteiger partial charge in [-0.2, -0.15) is 0 Å². The molecule has 0 aromatic heterocycles. The van der Waals surface area contributed by atoms with E-state index in [2.05, 4.69) is 4.90 Å². The Kier molecular flexibility index (Phi) is 4.90. The monoisotopic (exact) mass is 200 g/mol. The van der Waals surface area contributed by atoms with Crippen molar-refractivity contribution in [2.24, 2.45) is 5.73 Å². The Hall–Kier alpha value is -0.610. The lowest BCUT2D eigenvalue weighted by atomic mass is 10.2. The second kappa shape index (κ2) is 5.98. The van der Waals surface area contributed by atoms with E-state index in [-0.39, 0.29) is 5.97 Å². The van der Waals surface area contributed by atoms with Crippen LogP contribution in [0.1, 0.15) is 26.2 Å². The molecule has 82 valence electrons. The van der Waals surface area contributed by atoms with Gasteiger partial charge >= 0.3 is 5.97 Å². The van der Waals surface area contributed by atoms with Crippen LogP contribution >= 0.6 is 0 Å². The molecule has 4 heteroatoms. The molecule has 0 saturated carbocycles. The summed E-state index contributed by atoms with van der Waals surface area (Å²) in [6, 6.07) is -0.449. The lowest BCUT2D eigenvalue weighted by Gasteiger charge is -2.16. The largest absolute Gasteiger partial charge is 0.465 e. The van der Waals surface area contributed by atoms with Crippen LogP contribution in [0.25, 0.3) is 0 Å². The minimum Gasteiger partial charge on any atom is -0.465 e. The Morgan fingerprint density at radius 3 is 2.71 bits per heavy atom. The zero-order valence-corrected chi connectivity index (χ0v) is 8.87. The molecule has 1 aliphatic heterocycles. The highest BCUT2D eigenvalue weighted by Crippen LogP contribution is 2.08. The van der Waals surface area contributed by atoms with Gasteiger partial charge in [-0.25, -0.2) is 0 Å². The first-order chi connectivity index (χ1) is 6.74. The number of nitrogens with two attached hydrogens (primary N) is 1. The van der Waals surface area contributed by atoms with Crippen LogP contribution in [0.2, 0.25) is 0 Å². The van der Waals surface area contributed by atoms with Crippen molar-refractivity contribution in [1.29, 1.82) is 0 Å². The molecule has 2 N–H and O–H groups in total. The molecule has 4 nitrogen and oxygen atoms in total. The lowest BCUT2D eigenvalue weighted by molar-refractivity contribution is -0.144. The third-order valence-corrected chi connectivity index (χ3v) is 2.54. The second-order valence-corrected chi connectivity index (χ2v) is 3.70. The molecule has 0 spiro atoms. The maximum atomic E-state index is 11.2. The predicted molar refractivity (Wildman–Crippen MR) is 54.9 cm³/mol. The summed E-state index contributed by atoms with van der Waals surface area (Å²) in [7, 11) is 0. The number of rotatable bonds is 5. The third-order valence-electron chi connectivity index (χ3n) is 2.54. The molecule has 1 heterocycles. The zero-order valence-electron chi connectivity index (χ0n) is 8.87. The number of carbonyl (C=O) groups is 1. The second-order valence-electron chi connectivity index (χ2n) is 3.70. The van der Waals surface area contributed by atoms with Gasteiger partial charge < -0.3 is 15.4 Å². The van der Waals surface area contributed by atoms with Gasteiger partial charge in [-0.1, -0.05) is 0 Å². The van der Waals surface area contributed by atoms with Crippen LogP contribution in [-0.4, -0.2) is 43.2 Å². The van der Waals surface area contributed by atoms with Crippen LogP contribution in [0.4, 0.5) is 0 Å². The number of ether oxygens (including phenoxy) is 1. The minimum atomic E-state index is -0.449. The first-order valence-corrected chi connectivity index (χ1v) is 5.38. The summed E-state index contributed by atoms with van der Waals surface area (Å²) in [4.78, 5) is 13.5. The van der Waals surface area contributed by atoms with Crippen LogP contribution in [-0.2, 0) is 9.53 Å². The van der Waals surface area contributed by atoms with Gasteiger partial charge in [-0.3, -0.25) is 4.79 Å². The maximum absolute atomic E-state index is 11.2. The van der Waals surface area contributed by atoms with Crippen LogP contribution < -0.4 is 5.73 Å². The Balaban J connectivity index is 2.13. The molecular weight excluding hydrogens is 180 g/mol. The Morgan fingerprint density at radius 2 is 2.14 bits per heavy atom. The number of carbonyl (C=O) groups excluding carboxylic acids is 1. The Bertz CT molecular complexity index is 179. The van der Waals surface area contributed by atoms with E-state index in [1.54, 1.807) is 6.92 Å². The van der Waals surface area contributed by atoms with E-state index in [9.17, 15) is 4.79 Å². The summed E-state index contributed by atoms with van der Waals surface area (Å²) < 4.78 is 4.84. The smallest absolute Gasteiger partial charge is 0.322 e. The summed E-state index contributed by atoms with van der Waals surface area (Å²) >= 11 is 0. The van der Waals surface area contributed by atoms with Crippen molar-refractivity contribution in [3.63, 3.8) is 0 Å². The summed E-state index contributed by atoms with van der Waals surface area (Å²) in [6.07, 6.45) is 3.25. The van der Waals surface area contributed by atoms with Crippen LogP contribution in [0, 0.1) is 0 Å². The molecule has 1 fully saturated rings. The molecule has 1 aliphatic rings. The van der Waals surface area contributed by atoms with Gasteiger partial charge in [-0.15, -0.1) is 0 Å². The topological polar surface area (TPSA) is 55.6 Å². The molecular formula is C10H20N2O2. The molecule has 1 saturated heterocycles. The van der Waals surface area contributed by atoms with Gasteiger partial charge in [0.2, 0.25) is 0 Å². The fourth-order valence-electron chi connectivity index (χ4n) is 1.70.